The van der Waals surface area contributed by atoms with Crippen LogP contribution in [0.1, 0.15) is 19.0 Å². The molecule has 0 amide bonds. The van der Waals surface area contributed by atoms with E-state index in [1.54, 1.807) is 11.0 Å². The van der Waals surface area contributed by atoms with Crippen LogP contribution in [0.5, 0.6) is 0 Å². The first-order valence-corrected chi connectivity index (χ1v) is 12.3. The third-order valence-electron chi connectivity index (χ3n) is 5.90. The van der Waals surface area contributed by atoms with Gasteiger partial charge >= 0.3 is 17.9 Å². The molecule has 1 aromatic carbocycles. The molecule has 0 spiro atoms. The van der Waals surface area contributed by atoms with Crippen molar-refractivity contribution in [2.24, 2.45) is 0 Å². The van der Waals surface area contributed by atoms with Crippen LogP contribution in [0.2, 0.25) is 0 Å². The third-order valence-corrected chi connectivity index (χ3v) is 5.90. The average Bonchev–Trinajstić information content (AvgIpc) is 2.83. The molecule has 0 saturated heterocycles. The highest BCUT2D eigenvalue weighted by Crippen LogP contribution is 2.17. The molecule has 12 nitrogen and oxygen atoms in total. The van der Waals surface area contributed by atoms with Crippen LogP contribution in [0, 0.1) is 5.21 Å². The van der Waals surface area contributed by atoms with Crippen molar-refractivity contribution in [1.29, 1.82) is 0 Å². The maximum Gasteiger partial charge on any atom is 0.317 e. The summed E-state index contributed by atoms with van der Waals surface area (Å²) in [4.78, 5) is 39.0. The van der Waals surface area contributed by atoms with E-state index < -0.39 is 17.9 Å². The maximum atomic E-state index is 12.7. The van der Waals surface area contributed by atoms with Gasteiger partial charge in [0.1, 0.15) is 0 Å². The number of benzene rings is 1. The third kappa shape index (κ3) is 11.1. The fourth-order valence-electron chi connectivity index (χ4n) is 4.14. The Balaban J connectivity index is 2.18. The lowest BCUT2D eigenvalue weighted by atomic mass is 10.1. The first-order chi connectivity index (χ1) is 17.7. The van der Waals surface area contributed by atoms with Gasteiger partial charge in [-0.3, -0.25) is 29.1 Å². The van der Waals surface area contributed by atoms with Gasteiger partial charge in [0.15, 0.2) is 6.20 Å². The van der Waals surface area contributed by atoms with E-state index in [1.165, 1.54) is 6.20 Å². The second-order valence-electron chi connectivity index (χ2n) is 8.86. The van der Waals surface area contributed by atoms with Gasteiger partial charge in [0.25, 0.3) is 0 Å². The molecule has 204 valence electrons. The number of aromatic nitrogens is 1. The zero-order chi connectivity index (χ0) is 27.2. The van der Waals surface area contributed by atoms with Crippen LogP contribution < -0.4 is 10.0 Å². The topological polar surface area (TPSA) is 161 Å². The number of carboxylic acids is 3. The summed E-state index contributed by atoms with van der Waals surface area (Å²) in [5.41, 5.74) is 0.561. The first kappa shape index (κ1) is 29.9. The van der Waals surface area contributed by atoms with Crippen LogP contribution >= 0.6 is 0 Å². The lowest BCUT2D eigenvalue weighted by Crippen LogP contribution is -2.45. The van der Waals surface area contributed by atoms with E-state index in [1.807, 2.05) is 41.0 Å². The first-order valence-electron chi connectivity index (χ1n) is 12.3. The van der Waals surface area contributed by atoms with E-state index in [-0.39, 0.29) is 19.6 Å². The molecule has 0 saturated carbocycles. The predicted octanol–water partition coefficient (Wildman–Crippen LogP) is 0.133. The number of carboxylic acid groups (broad SMARTS) is 3. The van der Waals surface area contributed by atoms with Crippen molar-refractivity contribution in [2.45, 2.75) is 19.9 Å². The highest BCUT2D eigenvalue weighted by molar-refractivity contribution is 5.83. The Bertz CT molecular complexity index is 1040. The van der Waals surface area contributed by atoms with Gasteiger partial charge in [0, 0.05) is 45.3 Å². The lowest BCUT2D eigenvalue weighted by molar-refractivity contribution is -0.613. The number of hydrogen-bond donors (Lipinski definition) is 4. The lowest BCUT2D eigenvalue weighted by Gasteiger charge is -2.29. The minimum Gasteiger partial charge on any atom is -0.618 e. The summed E-state index contributed by atoms with van der Waals surface area (Å²) < 4.78 is 0.835. The summed E-state index contributed by atoms with van der Waals surface area (Å²) in [6.07, 6.45) is 2.27. The van der Waals surface area contributed by atoms with Gasteiger partial charge in [-0.05, 0) is 24.4 Å². The summed E-state index contributed by atoms with van der Waals surface area (Å²) in [7, 11) is 0. The Hall–Kier alpha value is -3.32. The van der Waals surface area contributed by atoms with Crippen molar-refractivity contribution in [3.05, 3.63) is 47.4 Å². The van der Waals surface area contributed by atoms with Crippen molar-refractivity contribution in [2.75, 3.05) is 65.4 Å². The molecule has 12 heteroatoms. The van der Waals surface area contributed by atoms with Crippen molar-refractivity contribution < 1.29 is 34.4 Å². The number of rotatable bonds is 19. The van der Waals surface area contributed by atoms with Crippen LogP contribution in [-0.2, 0) is 20.9 Å². The van der Waals surface area contributed by atoms with Gasteiger partial charge in [0.05, 0.1) is 31.6 Å². The maximum absolute atomic E-state index is 12.7. The number of nitrogens with zero attached hydrogens (tertiary/aromatic N) is 4. The SMILES string of the molecule is CCCN(CCN(CCN(CCNCC(=O)O)CC(=O)O)Cc1c2ccccc2cc[n+]1[O-])CC(=O)O. The minimum absolute atomic E-state index is 0.0854. The van der Waals surface area contributed by atoms with Crippen molar-refractivity contribution in [3.63, 3.8) is 0 Å². The Morgan fingerprint density at radius 2 is 1.43 bits per heavy atom. The smallest absolute Gasteiger partial charge is 0.317 e. The summed E-state index contributed by atoms with van der Waals surface area (Å²) in [6.45, 7) is 4.80. The Labute approximate surface area is 216 Å². The van der Waals surface area contributed by atoms with Crippen molar-refractivity contribution in [1.82, 2.24) is 20.0 Å². The van der Waals surface area contributed by atoms with E-state index in [0.717, 1.165) is 21.9 Å². The van der Waals surface area contributed by atoms with Crippen LogP contribution in [0.4, 0.5) is 0 Å². The molecular formula is C25H37N5O7. The molecule has 0 fully saturated rings. The number of aliphatic carboxylic acids is 3. The summed E-state index contributed by atoms with van der Waals surface area (Å²) in [6, 6.07) is 9.33. The number of fused-ring (bicyclic) bond motifs is 1. The predicted molar refractivity (Wildman–Crippen MR) is 137 cm³/mol. The summed E-state index contributed by atoms with van der Waals surface area (Å²) in [5, 5.41) is 44.6. The zero-order valence-corrected chi connectivity index (χ0v) is 21.2. The van der Waals surface area contributed by atoms with Crippen molar-refractivity contribution in [3.8, 4) is 0 Å². The molecule has 0 radical (unpaired) electrons. The van der Waals surface area contributed by atoms with Gasteiger partial charge < -0.3 is 25.8 Å². The van der Waals surface area contributed by atoms with Crippen molar-refractivity contribution >= 4 is 28.7 Å². The van der Waals surface area contributed by atoms with E-state index >= 15 is 0 Å². The highest BCUT2D eigenvalue weighted by atomic mass is 16.5. The molecule has 2 aromatic rings. The summed E-state index contributed by atoms with van der Waals surface area (Å²) in [5.74, 6) is -2.89. The minimum atomic E-state index is -0.994. The Kier molecular flexibility index (Phi) is 12.7. The normalized spacial score (nSPS) is 11.6. The van der Waals surface area contributed by atoms with Gasteiger partial charge in [-0.2, -0.15) is 4.73 Å². The average molecular weight is 520 g/mol. The fraction of sp³-hybridized carbons (Fsp3) is 0.520. The Morgan fingerprint density at radius 3 is 2.03 bits per heavy atom. The molecule has 0 unspecified atom stereocenters. The highest BCUT2D eigenvalue weighted by Gasteiger charge is 2.19. The molecule has 0 aliphatic rings. The second kappa shape index (κ2) is 15.7. The summed E-state index contributed by atoms with van der Waals surface area (Å²) >= 11 is 0. The van der Waals surface area contributed by atoms with Crippen LogP contribution in [0.15, 0.2) is 36.5 Å². The van der Waals surface area contributed by atoms with Gasteiger partial charge in [-0.25, -0.2) is 0 Å². The van der Waals surface area contributed by atoms with Gasteiger partial charge in [-0.1, -0.05) is 25.1 Å². The fourth-order valence-corrected chi connectivity index (χ4v) is 4.14. The molecule has 0 aliphatic carbocycles. The van der Waals surface area contributed by atoms with E-state index in [4.69, 9.17) is 5.11 Å². The molecule has 1 aromatic heterocycles. The number of nitrogens with one attached hydrogen (secondary N) is 1. The molecule has 0 bridgehead atoms. The second-order valence-corrected chi connectivity index (χ2v) is 8.86. The largest absolute Gasteiger partial charge is 0.618 e. The van der Waals surface area contributed by atoms with E-state index in [9.17, 15) is 29.8 Å². The van der Waals surface area contributed by atoms with Crippen LogP contribution in [-0.4, -0.2) is 113 Å². The molecule has 1 heterocycles. The Morgan fingerprint density at radius 1 is 0.838 bits per heavy atom. The van der Waals surface area contributed by atoms with Gasteiger partial charge in [0.2, 0.25) is 5.69 Å². The standard InChI is InChI=1S/C25H37N5O7/c1-2-9-27(18-24(33)34)12-14-29(15-13-28(19-25(35)36)11-8-26-16-23(31)32)17-22-21-6-4-3-5-20(21)7-10-30(22)37/h3-7,10,26H,2,8-9,11-19H2,1H3,(H,31,32)(H,33,34)(H,35,36). The number of pyridine rings is 1. The molecule has 0 atom stereocenters. The molecule has 2 rings (SSSR count). The van der Waals surface area contributed by atoms with Crippen LogP contribution in [0.3, 0.4) is 0 Å². The van der Waals surface area contributed by atoms with Gasteiger partial charge in [-0.15, -0.1) is 0 Å². The molecular weight excluding hydrogens is 482 g/mol. The molecule has 0 aliphatic heterocycles. The molecule has 37 heavy (non-hydrogen) atoms. The monoisotopic (exact) mass is 519 g/mol. The number of hydrogen-bond acceptors (Lipinski definition) is 8. The number of carbonyl (C=O) groups is 3. The van der Waals surface area contributed by atoms with E-state index in [0.29, 0.717) is 58.1 Å². The van der Waals surface area contributed by atoms with Crippen LogP contribution in [0.25, 0.3) is 10.8 Å². The van der Waals surface area contributed by atoms with E-state index in [2.05, 4.69) is 5.32 Å². The molecule has 4 N–H and O–H groups in total. The quantitative estimate of drug-likeness (QED) is 0.113. The zero-order valence-electron chi connectivity index (χ0n) is 21.2.